The highest BCUT2D eigenvalue weighted by Crippen LogP contribution is 2.45. The van der Waals surface area contributed by atoms with Crippen molar-refractivity contribution >= 4 is 39.5 Å². The van der Waals surface area contributed by atoms with Crippen molar-refractivity contribution in [3.05, 3.63) is 0 Å². The van der Waals surface area contributed by atoms with Gasteiger partial charge in [0.2, 0.25) is 0 Å². The van der Waals surface area contributed by atoms with Gasteiger partial charge < -0.3 is 33.8 Å². The second-order valence-corrected chi connectivity index (χ2v) is 27.5. The Kier molecular flexibility index (Phi) is 61.4. The summed E-state index contributed by atoms with van der Waals surface area (Å²) in [6.45, 7) is 4.84. The van der Waals surface area contributed by atoms with Crippen LogP contribution in [0.15, 0.2) is 0 Å². The highest BCUT2D eigenvalue weighted by atomic mass is 31.2. The Balaban J connectivity index is 5.12. The summed E-state index contributed by atoms with van der Waals surface area (Å²) in [7, 11) is -9.88. The molecule has 0 bridgehead atoms. The van der Waals surface area contributed by atoms with Gasteiger partial charge in [-0.3, -0.25) is 37.3 Å². The summed E-state index contributed by atoms with van der Waals surface area (Å²) in [6, 6.07) is 0. The van der Waals surface area contributed by atoms with E-state index in [0.717, 1.165) is 116 Å². The molecule has 0 aliphatic rings. The topological polar surface area (TPSA) is 237 Å². The third-order valence-corrected chi connectivity index (χ3v) is 17.8. The SMILES string of the molecule is CCCCCCCCCCCCCCCCCCCCCCC(=O)O[C@H](COC(=O)CCCCCCCCCCCCCCC)COP(=O)(O)OC[C@@H](O)COP(=O)(O)OC[C@@H](COC(=O)CCCCCCCCC)OC(=O)CCCCCCCCC. The number of unbranched alkanes of at least 4 members (excludes halogenated alkanes) is 43. The van der Waals surface area contributed by atoms with Crippen molar-refractivity contribution in [3.63, 3.8) is 0 Å². The first-order valence-corrected chi connectivity index (χ1v) is 38.8. The number of carbonyl (C=O) groups excluding carboxylic acids is 4. The summed E-state index contributed by atoms with van der Waals surface area (Å²) in [6.07, 6.45) is 50.3. The Morgan fingerprint density at radius 2 is 0.460 bits per heavy atom. The summed E-state index contributed by atoms with van der Waals surface area (Å²) in [4.78, 5) is 72.1. The van der Waals surface area contributed by atoms with Crippen LogP contribution in [0.1, 0.15) is 355 Å². The number of aliphatic hydroxyl groups is 1. The molecule has 0 aromatic carbocycles. The van der Waals surface area contributed by atoms with Crippen LogP contribution in [0.2, 0.25) is 0 Å². The Hall–Kier alpha value is -1.94. The van der Waals surface area contributed by atoms with E-state index in [-0.39, 0.29) is 25.7 Å². The van der Waals surface area contributed by atoms with Gasteiger partial charge in [0.25, 0.3) is 0 Å². The lowest BCUT2D eigenvalue weighted by atomic mass is 10.0. The van der Waals surface area contributed by atoms with Crippen LogP contribution >= 0.6 is 15.6 Å². The van der Waals surface area contributed by atoms with Crippen LogP contribution in [0, 0.1) is 0 Å². The van der Waals surface area contributed by atoms with Crippen LogP contribution in [-0.4, -0.2) is 96.7 Å². The molecule has 0 aliphatic carbocycles. The third-order valence-electron chi connectivity index (χ3n) is 15.9. The monoisotopic (exact) mass is 1280 g/mol. The zero-order valence-electron chi connectivity index (χ0n) is 56.0. The number of hydrogen-bond acceptors (Lipinski definition) is 15. The van der Waals surface area contributed by atoms with Crippen LogP contribution in [0.5, 0.6) is 0 Å². The molecule has 0 heterocycles. The predicted octanol–water partition coefficient (Wildman–Crippen LogP) is 19.5. The molecular weight excluding hydrogens is 1150 g/mol. The molecule has 0 spiro atoms. The van der Waals surface area contributed by atoms with Crippen molar-refractivity contribution in [2.24, 2.45) is 0 Å². The van der Waals surface area contributed by atoms with E-state index in [1.165, 1.54) is 161 Å². The highest BCUT2D eigenvalue weighted by molar-refractivity contribution is 7.47. The zero-order valence-corrected chi connectivity index (χ0v) is 57.8. The Labute approximate surface area is 530 Å². The molecule has 0 fully saturated rings. The minimum Gasteiger partial charge on any atom is -0.462 e. The van der Waals surface area contributed by atoms with Crippen molar-refractivity contribution in [3.8, 4) is 0 Å². The fourth-order valence-electron chi connectivity index (χ4n) is 10.3. The lowest BCUT2D eigenvalue weighted by Crippen LogP contribution is -2.30. The summed E-state index contributed by atoms with van der Waals surface area (Å²) >= 11 is 0. The van der Waals surface area contributed by atoms with E-state index in [1.807, 2.05) is 0 Å². The minimum atomic E-state index is -4.95. The van der Waals surface area contributed by atoms with Gasteiger partial charge in [0.15, 0.2) is 12.2 Å². The van der Waals surface area contributed by atoms with E-state index in [0.29, 0.717) is 25.7 Å². The molecular formula is C68H132O17P2. The maximum Gasteiger partial charge on any atom is 0.472 e. The molecule has 19 heteroatoms. The van der Waals surface area contributed by atoms with Crippen LogP contribution in [-0.2, 0) is 65.4 Å². The van der Waals surface area contributed by atoms with Gasteiger partial charge in [-0.2, -0.15) is 0 Å². The molecule has 0 saturated heterocycles. The molecule has 0 aromatic rings. The summed E-state index contributed by atoms with van der Waals surface area (Å²) in [5, 5.41) is 10.5. The molecule has 0 rings (SSSR count). The van der Waals surface area contributed by atoms with E-state index in [1.54, 1.807) is 0 Å². The van der Waals surface area contributed by atoms with Crippen molar-refractivity contribution in [2.75, 3.05) is 39.6 Å². The third kappa shape index (κ3) is 62.6. The number of phosphoric acid groups is 2. The summed E-state index contributed by atoms with van der Waals surface area (Å²) in [5.41, 5.74) is 0. The molecule has 87 heavy (non-hydrogen) atoms. The fourth-order valence-corrected chi connectivity index (χ4v) is 11.9. The number of carbonyl (C=O) groups is 4. The van der Waals surface area contributed by atoms with Gasteiger partial charge in [-0.15, -0.1) is 0 Å². The molecule has 0 saturated carbocycles. The molecule has 0 aromatic heterocycles. The first-order chi connectivity index (χ1) is 42.2. The van der Waals surface area contributed by atoms with Gasteiger partial charge in [0.05, 0.1) is 26.4 Å². The molecule has 0 radical (unpaired) electrons. The standard InChI is InChI=1S/C68H132O17P2/c1-5-9-13-17-21-23-25-27-28-29-30-31-32-33-35-37-39-43-47-51-55-68(73)85-64(59-79-66(71)53-49-45-42-38-36-34-26-24-22-18-14-10-6-2)61-83-87(76,77)81-57-62(69)56-80-86(74,75)82-60-63(84-67(72)54-50-46-41-20-16-12-8-4)58-78-65(70)52-48-44-40-19-15-11-7-3/h62-64,69H,5-61H2,1-4H3,(H,74,75)(H,76,77)/t62-,63+,64+/m0/s1. The number of aliphatic hydroxyl groups excluding tert-OH is 1. The quantitative estimate of drug-likeness (QED) is 0.0222. The van der Waals surface area contributed by atoms with Crippen LogP contribution < -0.4 is 0 Å². The maximum absolute atomic E-state index is 13.0. The largest absolute Gasteiger partial charge is 0.472 e. The van der Waals surface area contributed by atoms with Crippen molar-refractivity contribution in [2.45, 2.75) is 373 Å². The average molecular weight is 1280 g/mol. The maximum atomic E-state index is 13.0. The van der Waals surface area contributed by atoms with Gasteiger partial charge in [-0.05, 0) is 25.7 Å². The van der Waals surface area contributed by atoms with Gasteiger partial charge in [-0.25, -0.2) is 9.13 Å². The molecule has 516 valence electrons. The van der Waals surface area contributed by atoms with Crippen molar-refractivity contribution in [1.82, 2.24) is 0 Å². The number of hydrogen-bond donors (Lipinski definition) is 3. The number of rotatable bonds is 69. The smallest absolute Gasteiger partial charge is 0.462 e. The van der Waals surface area contributed by atoms with Gasteiger partial charge in [0, 0.05) is 25.7 Å². The second kappa shape index (κ2) is 62.8. The first-order valence-electron chi connectivity index (χ1n) is 35.8. The van der Waals surface area contributed by atoms with E-state index in [2.05, 4.69) is 27.7 Å². The summed E-state index contributed by atoms with van der Waals surface area (Å²) < 4.78 is 67.9. The number of esters is 4. The van der Waals surface area contributed by atoms with Gasteiger partial charge in [0.1, 0.15) is 19.3 Å². The first kappa shape index (κ1) is 85.1. The van der Waals surface area contributed by atoms with E-state index >= 15 is 0 Å². The Morgan fingerprint density at radius 1 is 0.276 bits per heavy atom. The molecule has 2 unspecified atom stereocenters. The highest BCUT2D eigenvalue weighted by Gasteiger charge is 2.30. The lowest BCUT2D eigenvalue weighted by molar-refractivity contribution is -0.161. The molecule has 5 atom stereocenters. The normalized spacial score (nSPS) is 14.1. The van der Waals surface area contributed by atoms with Gasteiger partial charge >= 0.3 is 39.5 Å². The fraction of sp³-hybridized carbons (Fsp3) is 0.941. The number of phosphoric ester groups is 2. The van der Waals surface area contributed by atoms with Crippen LogP contribution in [0.25, 0.3) is 0 Å². The van der Waals surface area contributed by atoms with E-state index in [4.69, 9.17) is 37.0 Å². The summed E-state index contributed by atoms with van der Waals surface area (Å²) in [5.74, 6) is -2.13. The molecule has 17 nitrogen and oxygen atoms in total. The molecule has 0 aliphatic heterocycles. The van der Waals surface area contributed by atoms with Crippen molar-refractivity contribution in [1.29, 1.82) is 0 Å². The average Bonchev–Trinajstić information content (AvgIpc) is 3.53. The number of ether oxygens (including phenoxy) is 4. The molecule has 0 amide bonds. The van der Waals surface area contributed by atoms with E-state index in [9.17, 15) is 43.2 Å². The molecule has 3 N–H and O–H groups in total. The Morgan fingerprint density at radius 3 is 0.678 bits per heavy atom. The zero-order chi connectivity index (χ0) is 64.0. The second-order valence-electron chi connectivity index (χ2n) is 24.6. The van der Waals surface area contributed by atoms with Crippen molar-refractivity contribution < 1.29 is 80.2 Å². The van der Waals surface area contributed by atoms with Crippen LogP contribution in [0.4, 0.5) is 0 Å². The van der Waals surface area contributed by atoms with Crippen LogP contribution in [0.3, 0.4) is 0 Å². The minimum absolute atomic E-state index is 0.104. The predicted molar refractivity (Wildman–Crippen MR) is 349 cm³/mol. The van der Waals surface area contributed by atoms with E-state index < -0.39 is 97.5 Å². The van der Waals surface area contributed by atoms with Gasteiger partial charge in [-0.1, -0.05) is 304 Å². The Bertz CT molecular complexity index is 1670. The lowest BCUT2D eigenvalue weighted by Gasteiger charge is -2.21.